The standard InChI is InChI=1S/C104H82/c1-63-59-67(103(5,6)7)60-64(2)101(63)99-57-55-97(81-39-23-25-41-83(81)99)95-53-51-93(77-35-19-21-37-79(77)95)91-49-47-89(73-31-15-17-33-75(73)91)87-45-43-85(69-27-11-13-29-71(69)87)86-44-46-88(72-30-14-12-28-70(72)86)90-48-50-92(76-34-18-16-32-74(76)90)94-52-54-96(80-38-22-20-36-78(80)94)98-56-58-100(84-42-26-24-40-82(84)98)102-65(3)61-68(62-66(102)4)104(8,9)10/h11-62H,1-10H3. The van der Waals surface area contributed by atoms with Gasteiger partial charge in [-0.2, -0.15) is 0 Å². The Balaban J connectivity index is 0.696. The van der Waals surface area contributed by atoms with Crippen LogP contribution in [0.25, 0.3) is 186 Å². The number of aryl methyl sites for hydroxylation is 4. The lowest BCUT2D eigenvalue weighted by Crippen LogP contribution is -2.12. The van der Waals surface area contributed by atoms with E-state index < -0.39 is 0 Å². The minimum atomic E-state index is 0.0770. The normalized spacial score (nSPS) is 12.1. The summed E-state index contributed by atoms with van der Waals surface area (Å²) in [5.74, 6) is 0. The Morgan fingerprint density at radius 3 is 0.365 bits per heavy atom. The van der Waals surface area contributed by atoms with E-state index in [2.05, 4.69) is 385 Å². The molecule has 0 saturated carbocycles. The third-order valence-electron chi connectivity index (χ3n) is 22.8. The Bertz CT molecular complexity index is 6140. The van der Waals surface area contributed by atoms with Crippen molar-refractivity contribution in [3.05, 3.63) is 349 Å². The van der Waals surface area contributed by atoms with Crippen molar-refractivity contribution < 1.29 is 0 Å². The van der Waals surface area contributed by atoms with Gasteiger partial charge in [0.1, 0.15) is 0 Å². The molecular weight excluding hydrogens is 1250 g/mol. The lowest BCUT2D eigenvalue weighted by atomic mass is 9.81. The number of benzene rings is 18. The van der Waals surface area contributed by atoms with Crippen molar-refractivity contribution in [3.8, 4) is 100 Å². The van der Waals surface area contributed by atoms with Gasteiger partial charge in [-0.3, -0.25) is 0 Å². The second kappa shape index (κ2) is 24.9. The van der Waals surface area contributed by atoms with E-state index in [-0.39, 0.29) is 10.8 Å². The molecule has 0 radical (unpaired) electrons. The van der Waals surface area contributed by atoms with Crippen LogP contribution >= 0.6 is 0 Å². The molecule has 0 amide bonds. The van der Waals surface area contributed by atoms with Gasteiger partial charge >= 0.3 is 0 Å². The van der Waals surface area contributed by atoms with Crippen molar-refractivity contribution in [3.63, 3.8) is 0 Å². The van der Waals surface area contributed by atoms with Gasteiger partial charge in [-0.05, 0) is 258 Å². The molecular formula is C104H82. The maximum absolute atomic E-state index is 2.39. The average Bonchev–Trinajstić information content (AvgIpc) is 0.734. The molecule has 18 rings (SSSR count). The molecule has 0 N–H and O–H groups in total. The van der Waals surface area contributed by atoms with Gasteiger partial charge in [0.25, 0.3) is 0 Å². The minimum Gasteiger partial charge on any atom is -0.0616 e. The smallest absolute Gasteiger partial charge is 0.00987 e. The number of hydrogen-bond acceptors (Lipinski definition) is 0. The molecule has 0 spiro atoms. The van der Waals surface area contributed by atoms with Gasteiger partial charge < -0.3 is 0 Å². The summed E-state index contributed by atoms with van der Waals surface area (Å²) in [4.78, 5) is 0. The Morgan fingerprint density at radius 2 is 0.250 bits per heavy atom. The van der Waals surface area contributed by atoms with E-state index in [1.54, 1.807) is 0 Å². The van der Waals surface area contributed by atoms with Crippen molar-refractivity contribution in [2.45, 2.75) is 80.1 Å². The summed E-state index contributed by atoms with van der Waals surface area (Å²) >= 11 is 0. The quantitative estimate of drug-likeness (QED) is 0.135. The highest BCUT2D eigenvalue weighted by Gasteiger charge is 2.25. The van der Waals surface area contributed by atoms with Crippen LogP contribution in [0, 0.1) is 27.7 Å². The van der Waals surface area contributed by atoms with E-state index >= 15 is 0 Å². The summed E-state index contributed by atoms with van der Waals surface area (Å²) in [6.07, 6.45) is 0. The van der Waals surface area contributed by atoms with Gasteiger partial charge in [-0.1, -0.05) is 357 Å². The van der Waals surface area contributed by atoms with Crippen LogP contribution < -0.4 is 0 Å². The summed E-state index contributed by atoms with van der Waals surface area (Å²) in [6.45, 7) is 22.9. The molecule has 0 heteroatoms. The summed E-state index contributed by atoms with van der Waals surface area (Å²) in [7, 11) is 0. The van der Waals surface area contributed by atoms with Crippen LogP contribution in [0.5, 0.6) is 0 Å². The third-order valence-corrected chi connectivity index (χ3v) is 22.8. The first-order valence-corrected chi connectivity index (χ1v) is 37.0. The van der Waals surface area contributed by atoms with Crippen LogP contribution in [0.3, 0.4) is 0 Å². The van der Waals surface area contributed by atoms with E-state index in [0.29, 0.717) is 0 Å². The van der Waals surface area contributed by atoms with Crippen LogP contribution in [0.2, 0.25) is 0 Å². The number of fused-ring (bicyclic) bond motifs is 8. The maximum atomic E-state index is 2.39. The lowest BCUT2D eigenvalue weighted by molar-refractivity contribution is 0.589. The van der Waals surface area contributed by atoms with Gasteiger partial charge in [0.2, 0.25) is 0 Å². The molecule has 18 aromatic rings. The second-order valence-electron chi connectivity index (χ2n) is 31.1. The second-order valence-corrected chi connectivity index (χ2v) is 31.1. The highest BCUT2D eigenvalue weighted by atomic mass is 14.3. The summed E-state index contributed by atoms with van der Waals surface area (Å²) in [5, 5.41) is 19.9. The monoisotopic (exact) mass is 1330 g/mol. The highest BCUT2D eigenvalue weighted by molar-refractivity contribution is 6.21. The van der Waals surface area contributed by atoms with Crippen LogP contribution in [0.15, 0.2) is 315 Å². The molecule has 0 heterocycles. The van der Waals surface area contributed by atoms with Crippen LogP contribution in [-0.4, -0.2) is 0 Å². The first-order chi connectivity index (χ1) is 50.6. The van der Waals surface area contributed by atoms with Gasteiger partial charge in [-0.15, -0.1) is 0 Å². The van der Waals surface area contributed by atoms with E-state index in [4.69, 9.17) is 0 Å². The zero-order valence-corrected chi connectivity index (χ0v) is 61.0. The molecule has 0 aliphatic heterocycles. The summed E-state index contributed by atoms with van der Waals surface area (Å²) in [5.41, 5.74) is 30.6. The average molecular weight is 1330 g/mol. The number of hydrogen-bond donors (Lipinski definition) is 0. The Morgan fingerprint density at radius 1 is 0.144 bits per heavy atom. The predicted molar refractivity (Wildman–Crippen MR) is 452 cm³/mol. The first-order valence-electron chi connectivity index (χ1n) is 37.0. The molecule has 498 valence electrons. The molecule has 0 aliphatic rings. The maximum Gasteiger partial charge on any atom is -0.00987 e. The molecule has 0 atom stereocenters. The van der Waals surface area contributed by atoms with Crippen molar-refractivity contribution in [1.82, 2.24) is 0 Å². The summed E-state index contributed by atoms with van der Waals surface area (Å²) < 4.78 is 0. The lowest BCUT2D eigenvalue weighted by Gasteiger charge is -2.23. The number of rotatable bonds is 9. The van der Waals surface area contributed by atoms with Crippen LogP contribution in [0.4, 0.5) is 0 Å². The minimum absolute atomic E-state index is 0.0770. The molecule has 0 nitrogen and oxygen atoms in total. The highest BCUT2D eigenvalue weighted by Crippen LogP contribution is 2.50. The third kappa shape index (κ3) is 10.6. The molecule has 18 aromatic carbocycles. The zero-order valence-electron chi connectivity index (χ0n) is 61.0. The molecule has 0 bridgehead atoms. The molecule has 0 aliphatic carbocycles. The largest absolute Gasteiger partial charge is 0.0616 e. The molecule has 0 unspecified atom stereocenters. The zero-order chi connectivity index (χ0) is 70.9. The summed E-state index contributed by atoms with van der Waals surface area (Å²) in [6, 6.07) is 120. The first kappa shape index (κ1) is 64.2. The van der Waals surface area contributed by atoms with Crippen LogP contribution in [0.1, 0.15) is 74.9 Å². The van der Waals surface area contributed by atoms with Crippen molar-refractivity contribution >= 4 is 86.2 Å². The van der Waals surface area contributed by atoms with Gasteiger partial charge in [-0.25, -0.2) is 0 Å². The SMILES string of the molecule is Cc1cc(C(C)(C)C)cc(C)c1-c1ccc(-c2ccc(-c3ccc(-c4ccc(-c5ccc(-c6ccc(-c7ccc(-c8ccc(-c9c(C)cc(C(C)(C)C)cc9C)c9ccccc89)c8ccccc78)c7ccccc67)c6ccccc56)c5ccccc45)c4ccccc34)c3ccccc23)c2ccccc12. The van der Waals surface area contributed by atoms with E-state index in [9.17, 15) is 0 Å². The van der Waals surface area contributed by atoms with Crippen LogP contribution in [-0.2, 0) is 10.8 Å². The van der Waals surface area contributed by atoms with E-state index in [1.165, 1.54) is 220 Å². The Hall–Kier alpha value is -12.0. The van der Waals surface area contributed by atoms with Gasteiger partial charge in [0, 0.05) is 0 Å². The fourth-order valence-electron chi connectivity index (χ4n) is 17.8. The van der Waals surface area contributed by atoms with Crippen molar-refractivity contribution in [2.24, 2.45) is 0 Å². The van der Waals surface area contributed by atoms with Gasteiger partial charge in [0.05, 0.1) is 0 Å². The van der Waals surface area contributed by atoms with E-state index in [1.807, 2.05) is 0 Å². The van der Waals surface area contributed by atoms with Crippen molar-refractivity contribution in [2.75, 3.05) is 0 Å². The van der Waals surface area contributed by atoms with Gasteiger partial charge in [0.15, 0.2) is 0 Å². The van der Waals surface area contributed by atoms with E-state index in [0.717, 1.165) is 0 Å². The molecule has 0 fully saturated rings. The fourth-order valence-corrected chi connectivity index (χ4v) is 17.8. The van der Waals surface area contributed by atoms with Crippen molar-refractivity contribution in [1.29, 1.82) is 0 Å². The Kier molecular flexibility index (Phi) is 15.4. The Labute approximate surface area is 611 Å². The molecule has 0 saturated heterocycles. The fraction of sp³-hybridized carbons (Fsp3) is 0.115. The molecule has 104 heavy (non-hydrogen) atoms. The predicted octanol–water partition coefficient (Wildman–Crippen LogP) is 29.7. The topological polar surface area (TPSA) is 0 Å². The molecule has 0 aromatic heterocycles.